The van der Waals surface area contributed by atoms with Crippen LogP contribution in [0.5, 0.6) is 0 Å². The molecule has 0 aliphatic heterocycles. The molecule has 2 amide bonds. The molecule has 1 aromatic rings. The molecule has 0 spiro atoms. The molecule has 24 heavy (non-hydrogen) atoms. The van der Waals surface area contributed by atoms with Gasteiger partial charge in [-0.15, -0.1) is 0 Å². The lowest BCUT2D eigenvalue weighted by Gasteiger charge is -2.33. The van der Waals surface area contributed by atoms with Gasteiger partial charge in [-0.2, -0.15) is 0 Å². The molecule has 1 rings (SSSR count). The van der Waals surface area contributed by atoms with Crippen molar-refractivity contribution in [1.82, 2.24) is 10.2 Å². The smallest absolute Gasteiger partial charge is 0.407 e. The van der Waals surface area contributed by atoms with Gasteiger partial charge in [0.2, 0.25) is 5.91 Å². The van der Waals surface area contributed by atoms with Crippen molar-refractivity contribution in [2.75, 3.05) is 13.1 Å². The Morgan fingerprint density at radius 3 is 2.38 bits per heavy atom. The van der Waals surface area contributed by atoms with Gasteiger partial charge in [0.15, 0.2) is 0 Å². The fourth-order valence-electron chi connectivity index (χ4n) is 2.30. The first-order valence-corrected chi connectivity index (χ1v) is 8.32. The average molecular weight is 332 g/mol. The number of hydrogen-bond donors (Lipinski definition) is 2. The van der Waals surface area contributed by atoms with Crippen molar-refractivity contribution in [2.45, 2.75) is 45.6 Å². The summed E-state index contributed by atoms with van der Waals surface area (Å²) < 4.78 is 0. The molecule has 0 saturated carbocycles. The molecular weight excluding hydrogens is 304 g/mol. The number of nitrogens with one attached hydrogen (secondary N) is 1. The van der Waals surface area contributed by atoms with E-state index in [1.54, 1.807) is 6.08 Å². The van der Waals surface area contributed by atoms with Crippen LogP contribution in [-0.2, 0) is 4.79 Å². The SMILES string of the molecule is CC(C)(C)N(CCCCCNC(=O)C=Cc1ccccc1)C(=O)O. The van der Waals surface area contributed by atoms with E-state index >= 15 is 0 Å². The van der Waals surface area contributed by atoms with E-state index < -0.39 is 6.09 Å². The second-order valence-electron chi connectivity index (χ2n) is 6.70. The highest BCUT2D eigenvalue weighted by molar-refractivity contribution is 5.91. The van der Waals surface area contributed by atoms with Gasteiger partial charge in [-0.05, 0) is 51.7 Å². The summed E-state index contributed by atoms with van der Waals surface area (Å²) in [7, 11) is 0. The molecule has 5 nitrogen and oxygen atoms in total. The molecule has 0 radical (unpaired) electrons. The van der Waals surface area contributed by atoms with E-state index in [-0.39, 0.29) is 11.4 Å². The van der Waals surface area contributed by atoms with Crippen LogP contribution in [0.2, 0.25) is 0 Å². The number of rotatable bonds is 8. The van der Waals surface area contributed by atoms with Gasteiger partial charge >= 0.3 is 6.09 Å². The quantitative estimate of drug-likeness (QED) is 0.562. The summed E-state index contributed by atoms with van der Waals surface area (Å²) in [5, 5.41) is 12.0. The Balaban J connectivity index is 2.18. The van der Waals surface area contributed by atoms with Gasteiger partial charge in [0.1, 0.15) is 0 Å². The number of unbranched alkanes of at least 4 members (excludes halogenated alkanes) is 2. The van der Waals surface area contributed by atoms with E-state index in [4.69, 9.17) is 0 Å². The summed E-state index contributed by atoms with van der Waals surface area (Å²) in [4.78, 5) is 24.4. The zero-order chi connectivity index (χ0) is 18.0. The third-order valence-electron chi connectivity index (χ3n) is 3.63. The number of carbonyl (C=O) groups is 2. The second-order valence-corrected chi connectivity index (χ2v) is 6.70. The van der Waals surface area contributed by atoms with Crippen LogP contribution >= 0.6 is 0 Å². The molecule has 0 fully saturated rings. The molecule has 2 N–H and O–H groups in total. The van der Waals surface area contributed by atoms with Crippen molar-refractivity contribution in [1.29, 1.82) is 0 Å². The summed E-state index contributed by atoms with van der Waals surface area (Å²) in [6.07, 6.45) is 4.93. The number of carboxylic acid groups (broad SMARTS) is 1. The van der Waals surface area contributed by atoms with Gasteiger partial charge in [-0.1, -0.05) is 30.3 Å². The number of hydrogen-bond acceptors (Lipinski definition) is 2. The minimum atomic E-state index is -0.887. The minimum Gasteiger partial charge on any atom is -0.465 e. The highest BCUT2D eigenvalue weighted by Crippen LogP contribution is 2.14. The standard InChI is InChI=1S/C19H28N2O3/c1-19(2,3)21(18(23)24)15-9-5-8-14-20-17(22)13-12-16-10-6-4-7-11-16/h4,6-7,10-13H,5,8-9,14-15H2,1-3H3,(H,20,22)(H,23,24). The summed E-state index contributed by atoms with van der Waals surface area (Å²) in [6, 6.07) is 9.66. The normalized spacial score (nSPS) is 11.5. The summed E-state index contributed by atoms with van der Waals surface area (Å²) in [5.74, 6) is -0.110. The largest absolute Gasteiger partial charge is 0.465 e. The Hall–Kier alpha value is -2.30. The number of benzene rings is 1. The number of amides is 2. The highest BCUT2D eigenvalue weighted by Gasteiger charge is 2.25. The third kappa shape index (κ3) is 7.81. The fourth-order valence-corrected chi connectivity index (χ4v) is 2.30. The Bertz CT molecular complexity index is 547. The molecule has 0 aliphatic rings. The maximum Gasteiger partial charge on any atom is 0.407 e. The summed E-state index contributed by atoms with van der Waals surface area (Å²) in [5.41, 5.74) is 0.603. The molecule has 5 heteroatoms. The average Bonchev–Trinajstić information content (AvgIpc) is 2.51. The molecule has 0 aromatic heterocycles. The first-order chi connectivity index (χ1) is 11.3. The van der Waals surface area contributed by atoms with E-state index in [1.165, 1.54) is 11.0 Å². The van der Waals surface area contributed by atoms with Gasteiger partial charge in [0, 0.05) is 24.7 Å². The van der Waals surface area contributed by atoms with Crippen LogP contribution in [0.1, 0.15) is 45.6 Å². The van der Waals surface area contributed by atoms with Crippen molar-refractivity contribution in [3.05, 3.63) is 42.0 Å². The first-order valence-electron chi connectivity index (χ1n) is 8.32. The summed E-state index contributed by atoms with van der Waals surface area (Å²) >= 11 is 0. The van der Waals surface area contributed by atoms with Crippen LogP contribution in [0.25, 0.3) is 6.08 Å². The van der Waals surface area contributed by atoms with Crippen LogP contribution in [0.4, 0.5) is 4.79 Å². The molecule has 0 unspecified atom stereocenters. The Labute approximate surface area is 144 Å². The lowest BCUT2D eigenvalue weighted by atomic mass is 10.1. The zero-order valence-electron chi connectivity index (χ0n) is 14.8. The fraction of sp³-hybridized carbons (Fsp3) is 0.474. The minimum absolute atomic E-state index is 0.110. The van der Waals surface area contributed by atoms with Gasteiger partial charge in [-0.25, -0.2) is 4.79 Å². The van der Waals surface area contributed by atoms with Gasteiger partial charge in [-0.3, -0.25) is 4.79 Å². The van der Waals surface area contributed by atoms with E-state index in [2.05, 4.69) is 5.32 Å². The molecule has 0 bridgehead atoms. The molecule has 0 heterocycles. The van der Waals surface area contributed by atoms with Crippen molar-refractivity contribution >= 4 is 18.1 Å². The van der Waals surface area contributed by atoms with Crippen molar-refractivity contribution in [2.24, 2.45) is 0 Å². The molecular formula is C19H28N2O3. The van der Waals surface area contributed by atoms with Crippen molar-refractivity contribution in [3.8, 4) is 0 Å². The van der Waals surface area contributed by atoms with Crippen molar-refractivity contribution < 1.29 is 14.7 Å². The Morgan fingerprint density at radius 1 is 1.12 bits per heavy atom. The third-order valence-corrected chi connectivity index (χ3v) is 3.63. The number of nitrogens with zero attached hydrogens (tertiary/aromatic N) is 1. The van der Waals surface area contributed by atoms with Gasteiger partial charge in [0.25, 0.3) is 0 Å². The zero-order valence-corrected chi connectivity index (χ0v) is 14.8. The Morgan fingerprint density at radius 2 is 1.79 bits per heavy atom. The lowest BCUT2D eigenvalue weighted by Crippen LogP contribution is -2.45. The van der Waals surface area contributed by atoms with E-state index in [9.17, 15) is 14.7 Å². The Kier molecular flexibility index (Phi) is 8.02. The second kappa shape index (κ2) is 9.75. The predicted molar refractivity (Wildman–Crippen MR) is 96.8 cm³/mol. The predicted octanol–water partition coefficient (Wildman–Crippen LogP) is 3.76. The van der Waals surface area contributed by atoms with E-state index in [0.717, 1.165) is 24.8 Å². The maximum atomic E-state index is 11.7. The van der Waals surface area contributed by atoms with Crippen LogP contribution in [0.3, 0.4) is 0 Å². The topological polar surface area (TPSA) is 69.6 Å². The molecule has 132 valence electrons. The van der Waals surface area contributed by atoms with Gasteiger partial charge < -0.3 is 15.3 Å². The lowest BCUT2D eigenvalue weighted by molar-refractivity contribution is -0.116. The van der Waals surface area contributed by atoms with Crippen molar-refractivity contribution in [3.63, 3.8) is 0 Å². The molecule has 0 saturated heterocycles. The highest BCUT2D eigenvalue weighted by atomic mass is 16.4. The van der Waals surface area contributed by atoms with Crippen LogP contribution in [-0.4, -0.2) is 40.6 Å². The first kappa shape index (κ1) is 19.7. The number of carbonyl (C=O) groups excluding carboxylic acids is 1. The van der Waals surface area contributed by atoms with Gasteiger partial charge in [0.05, 0.1) is 0 Å². The van der Waals surface area contributed by atoms with E-state index in [1.807, 2.05) is 51.1 Å². The molecule has 0 aliphatic carbocycles. The van der Waals surface area contributed by atoms with E-state index in [0.29, 0.717) is 13.1 Å². The molecule has 1 aromatic carbocycles. The van der Waals surface area contributed by atoms with Crippen LogP contribution < -0.4 is 5.32 Å². The maximum absolute atomic E-state index is 11.7. The molecule has 0 atom stereocenters. The monoisotopic (exact) mass is 332 g/mol. The van der Waals surface area contributed by atoms with Crippen LogP contribution in [0.15, 0.2) is 36.4 Å². The van der Waals surface area contributed by atoms with Crippen LogP contribution in [0, 0.1) is 0 Å². The summed E-state index contributed by atoms with van der Waals surface area (Å²) in [6.45, 7) is 6.78.